The number of nitrogen functional groups attached to an aromatic ring is 1. The van der Waals surface area contributed by atoms with Gasteiger partial charge in [0.05, 0.1) is 0 Å². The molecule has 0 atom stereocenters. The van der Waals surface area contributed by atoms with Crippen LogP contribution in [0.4, 0.5) is 11.6 Å². The fourth-order valence-electron chi connectivity index (χ4n) is 2.10. The third kappa shape index (κ3) is 2.76. The van der Waals surface area contributed by atoms with Crippen molar-refractivity contribution in [3.63, 3.8) is 0 Å². The van der Waals surface area contributed by atoms with Gasteiger partial charge in [0, 0.05) is 6.04 Å². The zero-order chi connectivity index (χ0) is 11.4. The Kier molecular flexibility index (Phi) is 3.83. The summed E-state index contributed by atoms with van der Waals surface area (Å²) in [6.07, 6.45) is 9.02. The summed E-state index contributed by atoms with van der Waals surface area (Å²) >= 11 is 6.04. The van der Waals surface area contributed by atoms with Crippen LogP contribution < -0.4 is 11.1 Å². The van der Waals surface area contributed by atoms with Gasteiger partial charge in [-0.2, -0.15) is 0 Å². The van der Waals surface area contributed by atoms with Crippen LogP contribution in [0.25, 0.3) is 0 Å². The molecule has 0 saturated heterocycles. The molecule has 1 aliphatic carbocycles. The minimum atomic E-state index is 0.341. The molecule has 88 valence electrons. The number of nitrogens with one attached hydrogen (secondary N) is 1. The molecule has 1 aromatic heterocycles. The molecule has 0 aromatic carbocycles. The fraction of sp³-hybridized carbons (Fsp3) is 0.636. The number of halogens is 1. The molecule has 0 unspecified atom stereocenters. The zero-order valence-corrected chi connectivity index (χ0v) is 10.0. The van der Waals surface area contributed by atoms with E-state index in [1.807, 2.05) is 0 Å². The maximum absolute atomic E-state index is 6.04. The Morgan fingerprint density at radius 1 is 1.19 bits per heavy atom. The van der Waals surface area contributed by atoms with Gasteiger partial charge < -0.3 is 11.1 Å². The topological polar surface area (TPSA) is 63.8 Å². The van der Waals surface area contributed by atoms with E-state index in [1.54, 1.807) is 0 Å². The molecular weight excluding hydrogens is 224 g/mol. The van der Waals surface area contributed by atoms with Gasteiger partial charge in [0.15, 0.2) is 5.82 Å². The van der Waals surface area contributed by atoms with Crippen LogP contribution in [0.2, 0.25) is 5.02 Å². The summed E-state index contributed by atoms with van der Waals surface area (Å²) in [7, 11) is 0. The molecule has 0 amide bonds. The monoisotopic (exact) mass is 240 g/mol. The van der Waals surface area contributed by atoms with E-state index in [1.165, 1.54) is 44.9 Å². The van der Waals surface area contributed by atoms with Crippen molar-refractivity contribution in [1.29, 1.82) is 0 Å². The van der Waals surface area contributed by atoms with Gasteiger partial charge in [-0.3, -0.25) is 0 Å². The molecule has 1 aromatic rings. The highest BCUT2D eigenvalue weighted by atomic mass is 35.5. The highest BCUT2D eigenvalue weighted by Crippen LogP contribution is 2.26. The normalized spacial score (nSPS) is 18.1. The van der Waals surface area contributed by atoms with E-state index >= 15 is 0 Å². The van der Waals surface area contributed by atoms with Crippen molar-refractivity contribution in [1.82, 2.24) is 9.97 Å². The van der Waals surface area contributed by atoms with E-state index in [9.17, 15) is 0 Å². The quantitative estimate of drug-likeness (QED) is 0.781. The molecule has 1 aliphatic rings. The van der Waals surface area contributed by atoms with Gasteiger partial charge in [0.1, 0.15) is 17.2 Å². The van der Waals surface area contributed by atoms with Crippen LogP contribution in [0.15, 0.2) is 6.33 Å². The van der Waals surface area contributed by atoms with Crippen LogP contribution in [0.3, 0.4) is 0 Å². The van der Waals surface area contributed by atoms with E-state index in [0.717, 1.165) is 0 Å². The molecule has 1 heterocycles. The van der Waals surface area contributed by atoms with Gasteiger partial charge in [-0.25, -0.2) is 9.97 Å². The van der Waals surface area contributed by atoms with Crippen LogP contribution >= 0.6 is 11.6 Å². The second kappa shape index (κ2) is 5.34. The van der Waals surface area contributed by atoms with Crippen molar-refractivity contribution < 1.29 is 0 Å². The molecule has 16 heavy (non-hydrogen) atoms. The first-order chi connectivity index (χ1) is 7.77. The van der Waals surface area contributed by atoms with E-state index in [4.69, 9.17) is 17.3 Å². The predicted octanol–water partition coefficient (Wildman–Crippen LogP) is 2.85. The molecule has 3 N–H and O–H groups in total. The first-order valence-electron chi connectivity index (χ1n) is 5.80. The molecule has 5 heteroatoms. The van der Waals surface area contributed by atoms with Gasteiger partial charge in [-0.15, -0.1) is 0 Å². The lowest BCUT2D eigenvalue weighted by atomic mass is 10.1. The Hall–Kier alpha value is -1.03. The Balaban J connectivity index is 2.04. The van der Waals surface area contributed by atoms with E-state index in [-0.39, 0.29) is 0 Å². The summed E-state index contributed by atoms with van der Waals surface area (Å²) in [5.41, 5.74) is 5.63. The highest BCUT2D eigenvalue weighted by Gasteiger charge is 2.14. The molecular formula is C11H17ClN4. The lowest BCUT2D eigenvalue weighted by Crippen LogP contribution is -2.19. The molecule has 0 spiro atoms. The molecule has 4 nitrogen and oxygen atoms in total. The van der Waals surface area contributed by atoms with Crippen LogP contribution in [0.1, 0.15) is 38.5 Å². The molecule has 2 rings (SSSR count). The maximum atomic E-state index is 6.04. The van der Waals surface area contributed by atoms with E-state index < -0.39 is 0 Å². The second-order valence-corrected chi connectivity index (χ2v) is 4.63. The summed E-state index contributed by atoms with van der Waals surface area (Å²) in [6, 6.07) is 0.467. The Bertz CT molecular complexity index is 348. The van der Waals surface area contributed by atoms with Gasteiger partial charge >= 0.3 is 0 Å². The van der Waals surface area contributed by atoms with Gasteiger partial charge in [0.25, 0.3) is 0 Å². The van der Waals surface area contributed by atoms with Crippen molar-refractivity contribution >= 4 is 23.2 Å². The zero-order valence-electron chi connectivity index (χ0n) is 9.25. The lowest BCUT2D eigenvalue weighted by molar-refractivity contribution is 0.617. The lowest BCUT2D eigenvalue weighted by Gasteiger charge is -2.17. The van der Waals surface area contributed by atoms with E-state index in [2.05, 4.69) is 15.3 Å². The average molecular weight is 241 g/mol. The van der Waals surface area contributed by atoms with Crippen molar-refractivity contribution in [2.24, 2.45) is 0 Å². The van der Waals surface area contributed by atoms with Crippen molar-refractivity contribution in [3.05, 3.63) is 11.3 Å². The van der Waals surface area contributed by atoms with Crippen molar-refractivity contribution in [2.75, 3.05) is 11.1 Å². The van der Waals surface area contributed by atoms with Crippen LogP contribution in [0.5, 0.6) is 0 Å². The third-order valence-electron chi connectivity index (χ3n) is 3.01. The minimum absolute atomic E-state index is 0.341. The van der Waals surface area contributed by atoms with Crippen LogP contribution in [-0.4, -0.2) is 16.0 Å². The standard InChI is InChI=1S/C11H17ClN4/c12-9-10(13)14-7-15-11(9)16-8-5-3-1-2-4-6-8/h7-8H,1-6H2,(H3,13,14,15,16). The number of hydrogen-bond acceptors (Lipinski definition) is 4. The molecule has 1 saturated carbocycles. The number of nitrogens with zero attached hydrogens (tertiary/aromatic N) is 2. The summed E-state index contributed by atoms with van der Waals surface area (Å²) in [5.74, 6) is 1.01. The SMILES string of the molecule is Nc1ncnc(NC2CCCCCC2)c1Cl. The maximum Gasteiger partial charge on any atom is 0.150 e. The molecule has 1 fully saturated rings. The molecule has 0 aliphatic heterocycles. The van der Waals surface area contributed by atoms with Gasteiger partial charge in [0.2, 0.25) is 0 Å². The van der Waals surface area contributed by atoms with Crippen LogP contribution in [0, 0.1) is 0 Å². The number of rotatable bonds is 2. The minimum Gasteiger partial charge on any atom is -0.382 e. The summed E-state index contributed by atoms with van der Waals surface area (Å²) < 4.78 is 0. The second-order valence-electron chi connectivity index (χ2n) is 4.25. The molecule has 0 radical (unpaired) electrons. The van der Waals surface area contributed by atoms with Gasteiger partial charge in [-0.1, -0.05) is 37.3 Å². The van der Waals surface area contributed by atoms with Crippen molar-refractivity contribution in [2.45, 2.75) is 44.6 Å². The molecule has 0 bridgehead atoms. The number of hydrogen-bond donors (Lipinski definition) is 2. The summed E-state index contributed by atoms with van der Waals surface area (Å²) in [5, 5.41) is 3.80. The Morgan fingerprint density at radius 2 is 1.88 bits per heavy atom. The number of nitrogens with two attached hydrogens (primary N) is 1. The van der Waals surface area contributed by atoms with Gasteiger partial charge in [-0.05, 0) is 12.8 Å². The Morgan fingerprint density at radius 3 is 2.56 bits per heavy atom. The first kappa shape index (κ1) is 11.5. The smallest absolute Gasteiger partial charge is 0.150 e. The largest absolute Gasteiger partial charge is 0.382 e. The average Bonchev–Trinajstić information content (AvgIpc) is 2.53. The predicted molar refractivity (Wildman–Crippen MR) is 66.6 cm³/mol. The van der Waals surface area contributed by atoms with E-state index in [0.29, 0.717) is 22.7 Å². The first-order valence-corrected chi connectivity index (χ1v) is 6.17. The number of aromatic nitrogens is 2. The third-order valence-corrected chi connectivity index (χ3v) is 3.39. The highest BCUT2D eigenvalue weighted by molar-refractivity contribution is 6.35. The Labute approximate surface area is 101 Å². The summed E-state index contributed by atoms with van der Waals surface area (Å²) in [4.78, 5) is 7.98. The van der Waals surface area contributed by atoms with Crippen molar-refractivity contribution in [3.8, 4) is 0 Å². The summed E-state index contributed by atoms with van der Waals surface area (Å²) in [6.45, 7) is 0. The number of anilines is 2. The fourth-order valence-corrected chi connectivity index (χ4v) is 2.25. The van der Waals surface area contributed by atoms with Crippen LogP contribution in [-0.2, 0) is 0 Å².